The Labute approximate surface area is 251 Å². The number of imidazole rings is 1. The topological polar surface area (TPSA) is 114 Å². The summed E-state index contributed by atoms with van der Waals surface area (Å²) in [6.45, 7) is 1.50. The Hall–Kier alpha value is -4.32. The largest absolute Gasteiger partial charge is 0.494 e. The summed E-state index contributed by atoms with van der Waals surface area (Å²) >= 11 is 6.43. The molecule has 3 amide bonds. The van der Waals surface area contributed by atoms with Crippen LogP contribution in [0.1, 0.15) is 46.7 Å². The molecule has 13 heteroatoms. The molecule has 5 rings (SSSR count). The summed E-state index contributed by atoms with van der Waals surface area (Å²) in [4.78, 5) is 57.7. The van der Waals surface area contributed by atoms with Crippen LogP contribution in [0.2, 0.25) is 5.02 Å². The molecule has 3 aromatic rings. The van der Waals surface area contributed by atoms with Crippen molar-refractivity contribution in [1.29, 1.82) is 0 Å². The molecule has 2 aliphatic rings. The number of piperazine rings is 1. The van der Waals surface area contributed by atoms with Crippen LogP contribution in [0.15, 0.2) is 36.5 Å². The van der Waals surface area contributed by atoms with E-state index in [4.69, 9.17) is 16.3 Å². The molecule has 2 fully saturated rings. The summed E-state index contributed by atoms with van der Waals surface area (Å²) in [5.41, 5.74) is 0.645. The van der Waals surface area contributed by atoms with Gasteiger partial charge in [0, 0.05) is 63.7 Å². The first-order valence-corrected chi connectivity index (χ1v) is 14.2. The van der Waals surface area contributed by atoms with Crippen molar-refractivity contribution >= 4 is 40.8 Å². The highest BCUT2D eigenvalue weighted by atomic mass is 35.5. The molecule has 1 aromatic heterocycles. The maximum absolute atomic E-state index is 14.6. The summed E-state index contributed by atoms with van der Waals surface area (Å²) in [5.74, 6) is -3.17. The number of carbonyl (C=O) groups excluding carboxylic acids is 4. The summed E-state index contributed by atoms with van der Waals surface area (Å²) in [6, 6.07) is 7.10. The van der Waals surface area contributed by atoms with Crippen LogP contribution >= 0.6 is 11.6 Å². The molecular weight excluding hydrogens is 584 g/mol. The van der Waals surface area contributed by atoms with E-state index in [1.54, 1.807) is 9.80 Å². The van der Waals surface area contributed by atoms with Gasteiger partial charge in [-0.15, -0.1) is 0 Å². The molecule has 10 nitrogen and oxygen atoms in total. The molecule has 0 spiro atoms. The van der Waals surface area contributed by atoms with Gasteiger partial charge in [-0.25, -0.2) is 9.37 Å². The van der Waals surface area contributed by atoms with Gasteiger partial charge in [0.05, 0.1) is 29.6 Å². The third-order valence-corrected chi connectivity index (χ3v) is 8.23. The van der Waals surface area contributed by atoms with E-state index in [0.717, 1.165) is 6.42 Å². The number of amides is 3. The van der Waals surface area contributed by atoms with E-state index in [-0.39, 0.29) is 56.9 Å². The quantitative estimate of drug-likeness (QED) is 0.425. The van der Waals surface area contributed by atoms with Crippen LogP contribution in [0.5, 0.6) is 5.75 Å². The zero-order chi connectivity index (χ0) is 30.8. The second-order valence-corrected chi connectivity index (χ2v) is 11.0. The van der Waals surface area contributed by atoms with Crippen molar-refractivity contribution in [3.63, 3.8) is 0 Å². The minimum absolute atomic E-state index is 0.00561. The van der Waals surface area contributed by atoms with Gasteiger partial charge < -0.3 is 24.4 Å². The molecule has 226 valence electrons. The van der Waals surface area contributed by atoms with E-state index in [1.165, 1.54) is 55.3 Å². The number of benzene rings is 2. The number of rotatable bonds is 7. The van der Waals surface area contributed by atoms with E-state index < -0.39 is 17.5 Å². The van der Waals surface area contributed by atoms with E-state index in [1.807, 2.05) is 0 Å². The summed E-state index contributed by atoms with van der Waals surface area (Å²) in [6.07, 6.45) is 3.38. The summed E-state index contributed by atoms with van der Waals surface area (Å²) < 4.78 is 35.0. The van der Waals surface area contributed by atoms with Crippen molar-refractivity contribution in [2.45, 2.75) is 25.7 Å². The number of nitrogens with one attached hydrogen (secondary N) is 1. The summed E-state index contributed by atoms with van der Waals surface area (Å²) in [5, 5.41) is 2.79. The number of ether oxygens (including phenoxy) is 1. The monoisotopic (exact) mass is 613 g/mol. The average Bonchev–Trinajstić information content (AvgIpc) is 3.58. The van der Waals surface area contributed by atoms with Crippen LogP contribution in [0, 0.1) is 17.6 Å². The zero-order valence-electron chi connectivity index (χ0n) is 23.7. The minimum Gasteiger partial charge on any atom is -0.494 e. The molecule has 1 unspecified atom stereocenters. The second-order valence-electron chi connectivity index (χ2n) is 10.6. The molecule has 1 aliphatic heterocycles. The highest BCUT2D eigenvalue weighted by Gasteiger charge is 2.30. The van der Waals surface area contributed by atoms with Gasteiger partial charge in [0.25, 0.3) is 11.8 Å². The molecule has 0 bridgehead atoms. The predicted molar refractivity (Wildman–Crippen MR) is 154 cm³/mol. The third-order valence-electron chi connectivity index (χ3n) is 7.92. The van der Waals surface area contributed by atoms with Gasteiger partial charge in [0.15, 0.2) is 17.4 Å². The first kappa shape index (κ1) is 30.1. The molecule has 1 N–H and O–H groups in total. The van der Waals surface area contributed by atoms with Crippen molar-refractivity contribution in [1.82, 2.24) is 19.4 Å². The van der Waals surface area contributed by atoms with E-state index in [2.05, 4.69) is 10.3 Å². The first-order chi connectivity index (χ1) is 20.6. The lowest BCUT2D eigenvalue weighted by Gasteiger charge is -2.35. The Morgan fingerprint density at radius 1 is 1.07 bits per heavy atom. The lowest BCUT2D eigenvalue weighted by molar-refractivity contribution is -0.133. The molecule has 1 saturated carbocycles. The minimum atomic E-state index is -1.15. The zero-order valence-corrected chi connectivity index (χ0v) is 24.4. The number of methoxy groups -OCH3 is 1. The van der Waals surface area contributed by atoms with E-state index >= 15 is 0 Å². The number of halogens is 3. The van der Waals surface area contributed by atoms with Gasteiger partial charge in [-0.05, 0) is 42.7 Å². The van der Waals surface area contributed by atoms with Crippen LogP contribution < -0.4 is 10.1 Å². The Kier molecular flexibility index (Phi) is 8.77. The SMILES string of the molecule is COc1ccc(-c2cnc(C(=O)Nc3ccc(C(=O)N4CCN(C(=O)CC5CCC(=O)C5)CC4)c(Cl)c3)n2C)c(F)c1F. The molecule has 2 heterocycles. The number of Topliss-reactive ketones (excluding diaryl/α,β-unsaturated/α-hetero) is 1. The standard InChI is InChI=1S/C30H30ClF2N5O5/c1-36-23(21-7-8-24(43-2)27(33)26(21)32)16-34-28(36)29(41)35-18-4-6-20(22(31)15-18)30(42)38-11-9-37(10-12-38)25(40)14-17-3-5-19(39)13-17/h4,6-8,15-17H,3,5,9-14H2,1-2H3,(H,35,41). The van der Waals surface area contributed by atoms with Gasteiger partial charge in [0.1, 0.15) is 5.78 Å². The molecule has 2 aromatic carbocycles. The third kappa shape index (κ3) is 6.24. The second kappa shape index (κ2) is 12.5. The van der Waals surface area contributed by atoms with Crippen LogP contribution in [0.25, 0.3) is 11.3 Å². The van der Waals surface area contributed by atoms with E-state index in [9.17, 15) is 28.0 Å². The predicted octanol–water partition coefficient (Wildman–Crippen LogP) is 4.32. The van der Waals surface area contributed by atoms with Crippen molar-refractivity contribution in [3.05, 3.63) is 64.6 Å². The molecule has 1 atom stereocenters. The number of hydrogen-bond donors (Lipinski definition) is 1. The van der Waals surface area contributed by atoms with Crippen LogP contribution in [-0.4, -0.2) is 76.1 Å². The molecule has 43 heavy (non-hydrogen) atoms. The van der Waals surface area contributed by atoms with Crippen molar-refractivity contribution in [2.75, 3.05) is 38.6 Å². The molecule has 1 aliphatic carbocycles. The molecule has 1 saturated heterocycles. The number of carbonyl (C=O) groups is 4. The van der Waals surface area contributed by atoms with E-state index in [0.29, 0.717) is 51.1 Å². The van der Waals surface area contributed by atoms with Crippen LogP contribution in [0.3, 0.4) is 0 Å². The Morgan fingerprint density at radius 2 is 1.79 bits per heavy atom. The number of anilines is 1. The number of nitrogens with zero attached hydrogens (tertiary/aromatic N) is 4. The smallest absolute Gasteiger partial charge is 0.291 e. The maximum atomic E-state index is 14.6. The van der Waals surface area contributed by atoms with Gasteiger partial charge >= 0.3 is 0 Å². The number of aromatic nitrogens is 2. The molecule has 0 radical (unpaired) electrons. The highest BCUT2D eigenvalue weighted by molar-refractivity contribution is 6.34. The van der Waals surface area contributed by atoms with Crippen LogP contribution in [0.4, 0.5) is 14.5 Å². The van der Waals surface area contributed by atoms with Crippen molar-refractivity contribution in [2.24, 2.45) is 13.0 Å². The summed E-state index contributed by atoms with van der Waals surface area (Å²) in [7, 11) is 2.73. The number of hydrogen-bond acceptors (Lipinski definition) is 6. The highest BCUT2D eigenvalue weighted by Crippen LogP contribution is 2.31. The van der Waals surface area contributed by atoms with Gasteiger partial charge in [-0.3, -0.25) is 19.2 Å². The number of ketones is 1. The average molecular weight is 614 g/mol. The Morgan fingerprint density at radius 3 is 2.44 bits per heavy atom. The maximum Gasteiger partial charge on any atom is 0.291 e. The van der Waals surface area contributed by atoms with Gasteiger partial charge in [-0.1, -0.05) is 11.6 Å². The first-order valence-electron chi connectivity index (χ1n) is 13.8. The fraction of sp³-hybridized carbons (Fsp3) is 0.367. The van der Waals surface area contributed by atoms with Crippen molar-refractivity contribution in [3.8, 4) is 17.0 Å². The molecular formula is C30H30ClF2N5O5. The lowest BCUT2D eigenvalue weighted by Crippen LogP contribution is -2.50. The lowest BCUT2D eigenvalue weighted by atomic mass is 10.0. The Bertz CT molecular complexity index is 1600. The fourth-order valence-electron chi connectivity index (χ4n) is 5.48. The van der Waals surface area contributed by atoms with Gasteiger partial charge in [0.2, 0.25) is 11.7 Å². The van der Waals surface area contributed by atoms with Crippen LogP contribution in [-0.2, 0) is 16.6 Å². The normalized spacial score (nSPS) is 16.9. The van der Waals surface area contributed by atoms with Crippen molar-refractivity contribution < 1.29 is 32.7 Å². The fourth-order valence-corrected chi connectivity index (χ4v) is 5.74. The van der Waals surface area contributed by atoms with Gasteiger partial charge in [-0.2, -0.15) is 4.39 Å². The Balaban J connectivity index is 1.20.